The second-order valence-electron chi connectivity index (χ2n) is 3.91. The Balaban J connectivity index is 2.17. The molecule has 15 heavy (non-hydrogen) atoms. The summed E-state index contributed by atoms with van der Waals surface area (Å²) in [6.07, 6.45) is 1.40. The normalized spacial score (nSPS) is 20.7. The number of methoxy groups -OCH3 is 1. The van der Waals surface area contributed by atoms with Crippen molar-refractivity contribution in [1.82, 2.24) is 0 Å². The van der Waals surface area contributed by atoms with Gasteiger partial charge in [-0.2, -0.15) is 0 Å². The molecule has 2 nitrogen and oxygen atoms in total. The summed E-state index contributed by atoms with van der Waals surface area (Å²) in [6.45, 7) is 3.77. The Labute approximate surface area is 89.6 Å². The number of hydrogen-bond acceptors (Lipinski definition) is 2. The van der Waals surface area contributed by atoms with Gasteiger partial charge in [-0.1, -0.05) is 18.7 Å². The molecule has 0 spiro atoms. The molecule has 2 rings (SSSR count). The van der Waals surface area contributed by atoms with E-state index < -0.39 is 0 Å². The first-order chi connectivity index (χ1) is 7.20. The first-order valence-electron chi connectivity index (χ1n) is 5.05. The molecule has 0 bridgehead atoms. The second kappa shape index (κ2) is 3.89. The average molecular weight is 202 g/mol. The zero-order valence-electron chi connectivity index (χ0n) is 8.82. The van der Waals surface area contributed by atoms with E-state index in [1.807, 2.05) is 24.3 Å². The van der Waals surface area contributed by atoms with Crippen molar-refractivity contribution in [2.24, 2.45) is 0 Å². The Morgan fingerprint density at radius 3 is 2.40 bits per heavy atom. The Kier molecular flexibility index (Phi) is 2.58. The molecule has 78 valence electrons. The van der Waals surface area contributed by atoms with E-state index in [0.717, 1.165) is 17.7 Å². The highest BCUT2D eigenvalue weighted by molar-refractivity contribution is 5.97. The van der Waals surface area contributed by atoms with Crippen LogP contribution in [0.2, 0.25) is 0 Å². The van der Waals surface area contributed by atoms with Crippen LogP contribution in [-0.2, 0) is 4.79 Å². The maximum absolute atomic E-state index is 11.4. The van der Waals surface area contributed by atoms with Gasteiger partial charge in [0.25, 0.3) is 0 Å². The van der Waals surface area contributed by atoms with E-state index in [1.165, 1.54) is 5.56 Å². The molecular weight excluding hydrogens is 188 g/mol. The van der Waals surface area contributed by atoms with Crippen molar-refractivity contribution < 1.29 is 9.53 Å². The number of ether oxygens (including phenoxy) is 1. The maximum atomic E-state index is 11.4. The van der Waals surface area contributed by atoms with Gasteiger partial charge in [0.2, 0.25) is 0 Å². The monoisotopic (exact) mass is 202 g/mol. The van der Waals surface area contributed by atoms with Crippen molar-refractivity contribution in [3.05, 3.63) is 42.0 Å². The van der Waals surface area contributed by atoms with Crippen LogP contribution in [0.5, 0.6) is 5.75 Å². The molecule has 1 aromatic carbocycles. The zero-order valence-corrected chi connectivity index (χ0v) is 8.82. The molecule has 0 aromatic heterocycles. The van der Waals surface area contributed by atoms with Crippen molar-refractivity contribution in [3.8, 4) is 5.75 Å². The van der Waals surface area contributed by atoms with Crippen molar-refractivity contribution in [3.63, 3.8) is 0 Å². The minimum absolute atomic E-state index is 0.204. The number of allylic oxidation sites excluding steroid dienone is 1. The third-order valence-electron chi connectivity index (χ3n) is 2.91. The molecular formula is C13H14O2. The SMILES string of the molecule is C=C1CC(c2ccc(OC)cc2)CC1=O. The number of hydrogen-bond donors (Lipinski definition) is 0. The lowest BCUT2D eigenvalue weighted by atomic mass is 9.97. The molecule has 1 aliphatic carbocycles. The highest BCUT2D eigenvalue weighted by atomic mass is 16.5. The minimum atomic E-state index is 0.204. The van der Waals surface area contributed by atoms with E-state index in [0.29, 0.717) is 12.3 Å². The van der Waals surface area contributed by atoms with Crippen LogP contribution in [0, 0.1) is 0 Å². The number of carbonyl (C=O) groups is 1. The molecule has 0 amide bonds. The molecule has 1 aliphatic rings. The van der Waals surface area contributed by atoms with Crippen molar-refractivity contribution in [2.75, 3.05) is 7.11 Å². The number of ketones is 1. The van der Waals surface area contributed by atoms with Crippen LogP contribution in [-0.4, -0.2) is 12.9 Å². The molecule has 1 aromatic rings. The second-order valence-corrected chi connectivity index (χ2v) is 3.91. The van der Waals surface area contributed by atoms with Gasteiger partial charge in [0, 0.05) is 6.42 Å². The maximum Gasteiger partial charge on any atom is 0.158 e. The lowest BCUT2D eigenvalue weighted by Gasteiger charge is -2.08. The third kappa shape index (κ3) is 1.94. The number of rotatable bonds is 2. The van der Waals surface area contributed by atoms with E-state index in [-0.39, 0.29) is 5.78 Å². The third-order valence-corrected chi connectivity index (χ3v) is 2.91. The molecule has 2 heteroatoms. The fourth-order valence-corrected chi connectivity index (χ4v) is 1.96. The first-order valence-corrected chi connectivity index (χ1v) is 5.05. The van der Waals surface area contributed by atoms with E-state index in [1.54, 1.807) is 7.11 Å². The van der Waals surface area contributed by atoms with Gasteiger partial charge in [0.05, 0.1) is 7.11 Å². The Morgan fingerprint density at radius 2 is 1.93 bits per heavy atom. The highest BCUT2D eigenvalue weighted by Gasteiger charge is 2.26. The largest absolute Gasteiger partial charge is 0.497 e. The standard InChI is InChI=1S/C13H14O2/c1-9-7-11(8-13(9)14)10-3-5-12(15-2)6-4-10/h3-6,11H,1,7-8H2,2H3. The summed E-state index contributed by atoms with van der Waals surface area (Å²) in [4.78, 5) is 11.4. The zero-order chi connectivity index (χ0) is 10.8. The van der Waals surface area contributed by atoms with Crippen LogP contribution in [0.3, 0.4) is 0 Å². The molecule has 0 aliphatic heterocycles. The van der Waals surface area contributed by atoms with Gasteiger partial charge in [-0.05, 0) is 35.6 Å². The summed E-state index contributed by atoms with van der Waals surface area (Å²) >= 11 is 0. The minimum Gasteiger partial charge on any atom is -0.497 e. The predicted molar refractivity (Wildman–Crippen MR) is 59.1 cm³/mol. The van der Waals surface area contributed by atoms with Gasteiger partial charge in [0.15, 0.2) is 5.78 Å². The van der Waals surface area contributed by atoms with Crippen molar-refractivity contribution >= 4 is 5.78 Å². The Morgan fingerprint density at radius 1 is 1.27 bits per heavy atom. The fourth-order valence-electron chi connectivity index (χ4n) is 1.96. The Hall–Kier alpha value is -1.57. The first kappa shape index (κ1) is 9.97. The quantitative estimate of drug-likeness (QED) is 0.689. The molecule has 0 saturated heterocycles. The predicted octanol–water partition coefficient (Wildman–Crippen LogP) is 2.70. The molecule has 1 saturated carbocycles. The van der Waals surface area contributed by atoms with Crippen LogP contribution in [0.15, 0.2) is 36.4 Å². The van der Waals surface area contributed by atoms with Crippen LogP contribution < -0.4 is 4.74 Å². The lowest BCUT2D eigenvalue weighted by molar-refractivity contribution is -0.114. The van der Waals surface area contributed by atoms with Crippen LogP contribution in [0.25, 0.3) is 0 Å². The lowest BCUT2D eigenvalue weighted by Crippen LogP contribution is -1.94. The molecule has 0 heterocycles. The highest BCUT2D eigenvalue weighted by Crippen LogP contribution is 2.35. The van der Waals surface area contributed by atoms with Crippen LogP contribution in [0.1, 0.15) is 24.3 Å². The van der Waals surface area contributed by atoms with Crippen LogP contribution in [0.4, 0.5) is 0 Å². The van der Waals surface area contributed by atoms with Gasteiger partial charge in [-0.3, -0.25) is 4.79 Å². The topological polar surface area (TPSA) is 26.3 Å². The van der Waals surface area contributed by atoms with E-state index >= 15 is 0 Å². The van der Waals surface area contributed by atoms with E-state index in [4.69, 9.17) is 4.74 Å². The number of Topliss-reactive ketones (excluding diaryl/α,β-unsaturated/α-hetero) is 1. The molecule has 0 N–H and O–H groups in total. The summed E-state index contributed by atoms with van der Waals surface area (Å²) < 4.78 is 5.09. The molecule has 1 atom stereocenters. The number of carbonyl (C=O) groups excluding carboxylic acids is 1. The van der Waals surface area contributed by atoms with Crippen molar-refractivity contribution in [2.45, 2.75) is 18.8 Å². The molecule has 1 unspecified atom stereocenters. The van der Waals surface area contributed by atoms with E-state index in [9.17, 15) is 4.79 Å². The summed E-state index contributed by atoms with van der Waals surface area (Å²) in [7, 11) is 1.65. The van der Waals surface area contributed by atoms with Gasteiger partial charge >= 0.3 is 0 Å². The van der Waals surface area contributed by atoms with Crippen molar-refractivity contribution in [1.29, 1.82) is 0 Å². The summed E-state index contributed by atoms with van der Waals surface area (Å²) in [6, 6.07) is 7.91. The molecule has 0 radical (unpaired) electrons. The number of benzene rings is 1. The average Bonchev–Trinajstić information content (AvgIpc) is 2.59. The van der Waals surface area contributed by atoms with Gasteiger partial charge < -0.3 is 4.74 Å². The van der Waals surface area contributed by atoms with Crippen LogP contribution >= 0.6 is 0 Å². The fraction of sp³-hybridized carbons (Fsp3) is 0.308. The van der Waals surface area contributed by atoms with Gasteiger partial charge in [0.1, 0.15) is 5.75 Å². The summed E-state index contributed by atoms with van der Waals surface area (Å²) in [5, 5.41) is 0. The van der Waals surface area contributed by atoms with E-state index in [2.05, 4.69) is 6.58 Å². The summed E-state index contributed by atoms with van der Waals surface area (Å²) in [5.41, 5.74) is 1.96. The van der Waals surface area contributed by atoms with Gasteiger partial charge in [-0.25, -0.2) is 0 Å². The van der Waals surface area contributed by atoms with Gasteiger partial charge in [-0.15, -0.1) is 0 Å². The smallest absolute Gasteiger partial charge is 0.158 e. The Bertz CT molecular complexity index is 374. The summed E-state index contributed by atoms with van der Waals surface area (Å²) in [5.74, 6) is 1.37. The molecule has 1 fully saturated rings.